The first kappa shape index (κ1) is 28.0. The number of hydrogen-bond donors (Lipinski definition) is 1. The molecule has 0 aromatic heterocycles. The van der Waals surface area contributed by atoms with Crippen LogP contribution < -0.4 is 5.73 Å². The second kappa shape index (κ2) is 18.5. The first-order valence-electron chi connectivity index (χ1n) is 13.6. The van der Waals surface area contributed by atoms with Gasteiger partial charge in [0.1, 0.15) is 0 Å². The quantitative estimate of drug-likeness (QED) is 0.194. The molecule has 0 spiro atoms. The van der Waals surface area contributed by atoms with E-state index in [9.17, 15) is 0 Å². The summed E-state index contributed by atoms with van der Waals surface area (Å²) in [6.07, 6.45) is 27.2. The van der Waals surface area contributed by atoms with E-state index in [0.29, 0.717) is 0 Å². The molecule has 0 atom stereocenters. The minimum absolute atomic E-state index is 0.0416. The van der Waals surface area contributed by atoms with Gasteiger partial charge in [0.2, 0.25) is 0 Å². The smallest absolute Gasteiger partial charge is 0.0195 e. The molecule has 0 saturated heterocycles. The summed E-state index contributed by atoms with van der Waals surface area (Å²) in [4.78, 5) is 0. The molecule has 0 amide bonds. The molecule has 31 heavy (non-hydrogen) atoms. The van der Waals surface area contributed by atoms with Crippen LogP contribution in [0.5, 0.6) is 0 Å². The molecule has 0 saturated carbocycles. The molecule has 0 fully saturated rings. The Labute approximate surface area is 195 Å². The van der Waals surface area contributed by atoms with Crippen LogP contribution >= 0.6 is 0 Å². The molecule has 0 radical (unpaired) electrons. The normalized spacial score (nSPS) is 11.7. The monoisotopic (exact) mass is 427 g/mol. The highest BCUT2D eigenvalue weighted by molar-refractivity contribution is 5.47. The second-order valence-electron chi connectivity index (χ2n) is 9.93. The van der Waals surface area contributed by atoms with Crippen molar-refractivity contribution in [3.8, 4) is 0 Å². The summed E-state index contributed by atoms with van der Waals surface area (Å²) >= 11 is 0. The maximum Gasteiger partial charge on any atom is 0.0195 e. The Kier molecular flexibility index (Phi) is 16.7. The maximum absolute atomic E-state index is 7.04. The standard InChI is InChI=1S/C30H53N/c1-4-7-9-11-13-15-17-19-25-30(31,26-20-18-16-14-12-10-8-5-2)27-29-23-21-28(6-3)22-24-29/h6,21-24H,3-5,7-20,25-27,31H2,1-2H3. The Balaban J connectivity index is 2.41. The van der Waals surface area contributed by atoms with Gasteiger partial charge in [-0.1, -0.05) is 154 Å². The van der Waals surface area contributed by atoms with Crippen molar-refractivity contribution < 1.29 is 0 Å². The summed E-state index contributed by atoms with van der Waals surface area (Å²) in [7, 11) is 0. The summed E-state index contributed by atoms with van der Waals surface area (Å²) in [5.41, 5.74) is 9.57. The molecule has 1 heteroatoms. The molecule has 0 heterocycles. The molecule has 1 aromatic rings. The average molecular weight is 428 g/mol. The zero-order valence-corrected chi connectivity index (χ0v) is 21.1. The van der Waals surface area contributed by atoms with Crippen molar-refractivity contribution in [1.29, 1.82) is 0 Å². The molecule has 0 aliphatic heterocycles. The van der Waals surface area contributed by atoms with E-state index in [2.05, 4.69) is 44.7 Å². The molecule has 178 valence electrons. The van der Waals surface area contributed by atoms with Gasteiger partial charge >= 0.3 is 0 Å². The van der Waals surface area contributed by atoms with Gasteiger partial charge in [0.05, 0.1) is 0 Å². The Bertz CT molecular complexity index is 510. The van der Waals surface area contributed by atoms with Gasteiger partial charge in [-0.3, -0.25) is 0 Å². The summed E-state index contributed by atoms with van der Waals surface area (Å²) in [6.45, 7) is 8.45. The van der Waals surface area contributed by atoms with E-state index in [4.69, 9.17) is 5.73 Å². The van der Waals surface area contributed by atoms with Crippen LogP contribution in [-0.2, 0) is 6.42 Å². The van der Waals surface area contributed by atoms with Crippen molar-refractivity contribution in [2.45, 2.75) is 141 Å². The lowest BCUT2D eigenvalue weighted by atomic mass is 9.82. The van der Waals surface area contributed by atoms with Crippen molar-refractivity contribution in [3.63, 3.8) is 0 Å². The van der Waals surface area contributed by atoms with Crippen LogP contribution in [0.2, 0.25) is 0 Å². The van der Waals surface area contributed by atoms with E-state index >= 15 is 0 Å². The number of benzene rings is 1. The maximum atomic E-state index is 7.04. The van der Waals surface area contributed by atoms with Crippen molar-refractivity contribution >= 4 is 6.08 Å². The Morgan fingerprint density at radius 1 is 0.645 bits per heavy atom. The van der Waals surface area contributed by atoms with Gasteiger partial charge in [-0.25, -0.2) is 0 Å². The zero-order chi connectivity index (χ0) is 22.6. The highest BCUT2D eigenvalue weighted by Crippen LogP contribution is 2.26. The SMILES string of the molecule is C=Cc1ccc(CC(N)(CCCCCCCCCC)CCCCCCCCCC)cc1. The number of nitrogens with two attached hydrogens (primary N) is 1. The first-order valence-corrected chi connectivity index (χ1v) is 13.6. The fourth-order valence-electron chi connectivity index (χ4n) is 4.70. The molecule has 2 N–H and O–H groups in total. The molecule has 0 aliphatic rings. The molecule has 0 bridgehead atoms. The lowest BCUT2D eigenvalue weighted by Gasteiger charge is -2.30. The van der Waals surface area contributed by atoms with Crippen LogP contribution in [0.1, 0.15) is 141 Å². The van der Waals surface area contributed by atoms with Crippen LogP contribution in [0.15, 0.2) is 30.8 Å². The topological polar surface area (TPSA) is 26.0 Å². The predicted octanol–water partition coefficient (Wildman–Crippen LogP) is 9.63. The Morgan fingerprint density at radius 3 is 1.42 bits per heavy atom. The third-order valence-electron chi connectivity index (χ3n) is 6.83. The van der Waals surface area contributed by atoms with Crippen LogP contribution in [0, 0.1) is 0 Å². The molecule has 1 rings (SSSR count). The number of unbranched alkanes of at least 4 members (excludes halogenated alkanes) is 14. The molecule has 1 nitrogen and oxygen atoms in total. The van der Waals surface area contributed by atoms with E-state index < -0.39 is 0 Å². The van der Waals surface area contributed by atoms with E-state index in [1.54, 1.807) is 0 Å². The van der Waals surface area contributed by atoms with Gasteiger partial charge in [-0.2, -0.15) is 0 Å². The van der Waals surface area contributed by atoms with Crippen molar-refractivity contribution in [2.75, 3.05) is 0 Å². The van der Waals surface area contributed by atoms with Crippen LogP contribution in [0.3, 0.4) is 0 Å². The van der Waals surface area contributed by atoms with Gasteiger partial charge in [0.15, 0.2) is 0 Å². The largest absolute Gasteiger partial charge is 0.325 e. The van der Waals surface area contributed by atoms with Crippen molar-refractivity contribution in [2.24, 2.45) is 5.73 Å². The fraction of sp³-hybridized carbons (Fsp3) is 0.733. The van der Waals surface area contributed by atoms with Crippen LogP contribution in [0.4, 0.5) is 0 Å². The fourth-order valence-corrected chi connectivity index (χ4v) is 4.70. The summed E-state index contributed by atoms with van der Waals surface area (Å²) in [5.74, 6) is 0. The van der Waals surface area contributed by atoms with Gasteiger partial charge in [0.25, 0.3) is 0 Å². The summed E-state index contributed by atoms with van der Waals surface area (Å²) < 4.78 is 0. The lowest BCUT2D eigenvalue weighted by Crippen LogP contribution is -2.42. The Hall–Kier alpha value is -1.08. The predicted molar refractivity (Wildman–Crippen MR) is 142 cm³/mol. The van der Waals surface area contributed by atoms with Crippen molar-refractivity contribution in [3.05, 3.63) is 42.0 Å². The minimum atomic E-state index is -0.0416. The zero-order valence-electron chi connectivity index (χ0n) is 21.1. The number of hydrogen-bond acceptors (Lipinski definition) is 1. The average Bonchev–Trinajstić information content (AvgIpc) is 2.78. The summed E-state index contributed by atoms with van der Waals surface area (Å²) in [5, 5.41) is 0. The number of rotatable bonds is 21. The van der Waals surface area contributed by atoms with E-state index in [-0.39, 0.29) is 5.54 Å². The second-order valence-corrected chi connectivity index (χ2v) is 9.93. The van der Waals surface area contributed by atoms with E-state index in [1.165, 1.54) is 127 Å². The van der Waals surface area contributed by atoms with Gasteiger partial charge in [-0.05, 0) is 30.4 Å². The Morgan fingerprint density at radius 2 is 1.03 bits per heavy atom. The minimum Gasteiger partial charge on any atom is -0.325 e. The molecular formula is C30H53N. The van der Waals surface area contributed by atoms with Crippen molar-refractivity contribution in [1.82, 2.24) is 0 Å². The molecule has 1 aromatic carbocycles. The lowest BCUT2D eigenvalue weighted by molar-refractivity contribution is 0.332. The summed E-state index contributed by atoms with van der Waals surface area (Å²) in [6, 6.07) is 8.85. The van der Waals surface area contributed by atoms with Crippen LogP contribution in [-0.4, -0.2) is 5.54 Å². The first-order chi connectivity index (χ1) is 15.1. The third-order valence-corrected chi connectivity index (χ3v) is 6.83. The van der Waals surface area contributed by atoms with E-state index in [0.717, 1.165) is 6.42 Å². The molecule has 0 aliphatic carbocycles. The van der Waals surface area contributed by atoms with E-state index in [1.807, 2.05) is 6.08 Å². The highest BCUT2D eigenvalue weighted by atomic mass is 14.7. The van der Waals surface area contributed by atoms with Gasteiger partial charge in [0, 0.05) is 5.54 Å². The van der Waals surface area contributed by atoms with Gasteiger partial charge in [-0.15, -0.1) is 0 Å². The highest BCUT2D eigenvalue weighted by Gasteiger charge is 2.24. The molecule has 0 unspecified atom stereocenters. The van der Waals surface area contributed by atoms with Gasteiger partial charge < -0.3 is 5.73 Å². The third kappa shape index (κ3) is 14.6. The van der Waals surface area contributed by atoms with Crippen LogP contribution in [0.25, 0.3) is 6.08 Å². The molecular weight excluding hydrogens is 374 g/mol.